The third-order valence-corrected chi connectivity index (χ3v) is 6.07. The van der Waals surface area contributed by atoms with Crippen molar-refractivity contribution in [1.29, 1.82) is 0 Å². The monoisotopic (exact) mass is 431 g/mol. The number of likely N-dealkylation sites (N-methyl/N-ethyl adjacent to an activating group) is 1. The molecule has 1 aliphatic rings. The first kappa shape index (κ1) is 20.7. The highest BCUT2D eigenvalue weighted by atomic mass is 16.5. The molecule has 0 amide bonds. The standard InChI is InChI=1S/C24H29N7O/c1-3-30(14-15-32-2)23-22-21(28-24(29-23)31-12-10-26-11-13-31)19-5-4-18(16-20(19)27-22)17-6-8-25-9-7-17/h4-9,16,26-27H,3,10-15H2,1-2H3. The van der Waals surface area contributed by atoms with Crippen LogP contribution in [0.2, 0.25) is 0 Å². The lowest BCUT2D eigenvalue weighted by Crippen LogP contribution is -2.44. The molecule has 0 bridgehead atoms. The average Bonchev–Trinajstić information content (AvgIpc) is 3.23. The summed E-state index contributed by atoms with van der Waals surface area (Å²) < 4.78 is 5.36. The molecule has 0 unspecified atom stereocenters. The van der Waals surface area contributed by atoms with Crippen molar-refractivity contribution in [3.63, 3.8) is 0 Å². The molecule has 0 aliphatic carbocycles. The number of hydrogen-bond acceptors (Lipinski definition) is 7. The first-order chi connectivity index (χ1) is 15.8. The number of aromatic nitrogens is 4. The predicted octanol–water partition coefficient (Wildman–Crippen LogP) is 3.06. The summed E-state index contributed by atoms with van der Waals surface area (Å²) in [6, 6.07) is 10.6. The van der Waals surface area contributed by atoms with Crippen molar-refractivity contribution in [2.24, 2.45) is 0 Å². The number of aromatic amines is 1. The number of ether oxygens (including phenoxy) is 1. The van der Waals surface area contributed by atoms with Gasteiger partial charge in [0, 0.05) is 69.7 Å². The van der Waals surface area contributed by atoms with Crippen LogP contribution in [0.15, 0.2) is 42.7 Å². The maximum absolute atomic E-state index is 5.36. The van der Waals surface area contributed by atoms with E-state index in [0.29, 0.717) is 6.61 Å². The maximum Gasteiger partial charge on any atom is 0.228 e. The second-order valence-corrected chi connectivity index (χ2v) is 8.00. The fourth-order valence-electron chi connectivity index (χ4n) is 4.31. The number of benzene rings is 1. The minimum absolute atomic E-state index is 0.648. The van der Waals surface area contributed by atoms with E-state index in [9.17, 15) is 0 Å². The molecule has 1 fully saturated rings. The lowest BCUT2D eigenvalue weighted by Gasteiger charge is -2.29. The van der Waals surface area contributed by atoms with Gasteiger partial charge < -0.3 is 24.8 Å². The van der Waals surface area contributed by atoms with E-state index < -0.39 is 0 Å². The van der Waals surface area contributed by atoms with Crippen LogP contribution >= 0.6 is 0 Å². The Morgan fingerprint density at radius 1 is 1.06 bits per heavy atom. The Morgan fingerprint density at radius 3 is 2.62 bits per heavy atom. The summed E-state index contributed by atoms with van der Waals surface area (Å²) in [4.78, 5) is 22.4. The molecule has 166 valence electrons. The topological polar surface area (TPSA) is 82.2 Å². The van der Waals surface area contributed by atoms with Crippen molar-refractivity contribution < 1.29 is 4.74 Å². The van der Waals surface area contributed by atoms with Gasteiger partial charge in [0.1, 0.15) is 11.0 Å². The third-order valence-electron chi connectivity index (χ3n) is 6.07. The third kappa shape index (κ3) is 3.87. The zero-order valence-corrected chi connectivity index (χ0v) is 18.6. The van der Waals surface area contributed by atoms with E-state index in [1.54, 1.807) is 7.11 Å². The fraction of sp³-hybridized carbons (Fsp3) is 0.375. The number of hydrogen-bond donors (Lipinski definition) is 2. The van der Waals surface area contributed by atoms with Gasteiger partial charge in [-0.25, -0.2) is 4.98 Å². The molecule has 0 saturated carbocycles. The van der Waals surface area contributed by atoms with Crippen molar-refractivity contribution in [2.45, 2.75) is 6.92 Å². The number of H-pyrrole nitrogens is 1. The lowest BCUT2D eigenvalue weighted by molar-refractivity contribution is 0.205. The van der Waals surface area contributed by atoms with E-state index >= 15 is 0 Å². The fourth-order valence-corrected chi connectivity index (χ4v) is 4.31. The summed E-state index contributed by atoms with van der Waals surface area (Å²) in [7, 11) is 1.74. The van der Waals surface area contributed by atoms with Gasteiger partial charge in [0.25, 0.3) is 0 Å². The molecule has 1 aliphatic heterocycles. The van der Waals surface area contributed by atoms with Crippen LogP contribution < -0.4 is 15.1 Å². The number of piperazine rings is 1. The summed E-state index contributed by atoms with van der Waals surface area (Å²) in [5.41, 5.74) is 5.29. The van der Waals surface area contributed by atoms with E-state index in [4.69, 9.17) is 14.7 Å². The van der Waals surface area contributed by atoms with Crippen molar-refractivity contribution in [2.75, 3.05) is 62.8 Å². The van der Waals surface area contributed by atoms with Crippen LogP contribution in [0.25, 0.3) is 33.1 Å². The molecule has 3 aromatic heterocycles. The first-order valence-electron chi connectivity index (χ1n) is 11.2. The van der Waals surface area contributed by atoms with Crippen molar-refractivity contribution in [3.8, 4) is 11.1 Å². The zero-order chi connectivity index (χ0) is 21.9. The second-order valence-electron chi connectivity index (χ2n) is 8.00. The average molecular weight is 432 g/mol. The van der Waals surface area contributed by atoms with Gasteiger partial charge in [-0.1, -0.05) is 12.1 Å². The van der Waals surface area contributed by atoms with Crippen molar-refractivity contribution >= 4 is 33.7 Å². The lowest BCUT2D eigenvalue weighted by atomic mass is 10.1. The van der Waals surface area contributed by atoms with Gasteiger partial charge in [0.15, 0.2) is 5.82 Å². The summed E-state index contributed by atoms with van der Waals surface area (Å²) in [5.74, 6) is 1.73. The molecule has 1 saturated heterocycles. The highest BCUT2D eigenvalue weighted by molar-refractivity contribution is 6.09. The molecule has 8 heteroatoms. The minimum Gasteiger partial charge on any atom is -0.383 e. The number of pyridine rings is 1. The molecule has 1 aromatic carbocycles. The van der Waals surface area contributed by atoms with Gasteiger partial charge in [0.05, 0.1) is 6.61 Å². The Labute approximate surface area is 187 Å². The molecular formula is C24H29N7O. The smallest absolute Gasteiger partial charge is 0.228 e. The van der Waals surface area contributed by atoms with Crippen LogP contribution in [0.3, 0.4) is 0 Å². The summed E-state index contributed by atoms with van der Waals surface area (Å²) in [6.45, 7) is 8.12. The van der Waals surface area contributed by atoms with Crippen LogP contribution in [0.5, 0.6) is 0 Å². The molecule has 0 atom stereocenters. The van der Waals surface area contributed by atoms with Gasteiger partial charge in [-0.2, -0.15) is 4.98 Å². The Kier molecular flexibility index (Phi) is 5.87. The maximum atomic E-state index is 5.36. The largest absolute Gasteiger partial charge is 0.383 e. The molecule has 2 N–H and O–H groups in total. The van der Waals surface area contributed by atoms with Crippen LogP contribution in [-0.4, -0.2) is 72.9 Å². The number of anilines is 2. The molecule has 32 heavy (non-hydrogen) atoms. The van der Waals surface area contributed by atoms with Crippen LogP contribution in [-0.2, 0) is 4.74 Å². The van der Waals surface area contributed by atoms with E-state index in [0.717, 1.165) is 84.1 Å². The zero-order valence-electron chi connectivity index (χ0n) is 18.6. The van der Waals surface area contributed by atoms with Crippen LogP contribution in [0.1, 0.15) is 6.92 Å². The molecule has 4 heterocycles. The van der Waals surface area contributed by atoms with Gasteiger partial charge in [-0.15, -0.1) is 0 Å². The Bertz CT molecular complexity index is 1200. The molecule has 0 spiro atoms. The second kappa shape index (κ2) is 9.10. The van der Waals surface area contributed by atoms with Gasteiger partial charge in [-0.05, 0) is 36.2 Å². The van der Waals surface area contributed by atoms with Crippen LogP contribution in [0.4, 0.5) is 11.8 Å². The Hall–Kier alpha value is -3.23. The molecule has 8 nitrogen and oxygen atoms in total. The van der Waals surface area contributed by atoms with Crippen molar-refractivity contribution in [3.05, 3.63) is 42.7 Å². The number of methoxy groups -OCH3 is 1. The highest BCUT2D eigenvalue weighted by Gasteiger charge is 2.21. The molecule has 4 aromatic rings. The van der Waals surface area contributed by atoms with Crippen LogP contribution in [0, 0.1) is 0 Å². The predicted molar refractivity (Wildman–Crippen MR) is 129 cm³/mol. The quantitative estimate of drug-likeness (QED) is 0.465. The normalized spacial score (nSPS) is 14.4. The van der Waals surface area contributed by atoms with E-state index in [1.807, 2.05) is 24.5 Å². The van der Waals surface area contributed by atoms with Crippen molar-refractivity contribution in [1.82, 2.24) is 25.3 Å². The van der Waals surface area contributed by atoms with Gasteiger partial charge >= 0.3 is 0 Å². The summed E-state index contributed by atoms with van der Waals surface area (Å²) >= 11 is 0. The number of nitrogens with zero attached hydrogens (tertiary/aromatic N) is 5. The molecule has 5 rings (SSSR count). The number of fused-ring (bicyclic) bond motifs is 3. The number of nitrogens with one attached hydrogen (secondary N) is 2. The Morgan fingerprint density at radius 2 is 1.88 bits per heavy atom. The van der Waals surface area contributed by atoms with E-state index in [-0.39, 0.29) is 0 Å². The van der Waals surface area contributed by atoms with E-state index in [1.165, 1.54) is 0 Å². The highest BCUT2D eigenvalue weighted by Crippen LogP contribution is 2.34. The SMILES string of the molecule is CCN(CCOC)c1nc(N2CCNCC2)nc2c1[nH]c1cc(-c3ccncc3)ccc12. The minimum atomic E-state index is 0.648. The Balaban J connectivity index is 1.67. The van der Waals surface area contributed by atoms with Gasteiger partial charge in [-0.3, -0.25) is 4.98 Å². The van der Waals surface area contributed by atoms with E-state index in [2.05, 4.69) is 50.2 Å². The first-order valence-corrected chi connectivity index (χ1v) is 11.2. The summed E-state index contributed by atoms with van der Waals surface area (Å²) in [5, 5.41) is 4.52. The number of rotatable bonds is 7. The van der Waals surface area contributed by atoms with Gasteiger partial charge in [0.2, 0.25) is 5.95 Å². The summed E-state index contributed by atoms with van der Waals surface area (Å²) in [6.07, 6.45) is 3.64. The molecule has 0 radical (unpaired) electrons. The molecular weight excluding hydrogens is 402 g/mol.